The largest absolute Gasteiger partial charge is 0.354 e. The van der Waals surface area contributed by atoms with Crippen molar-refractivity contribution in [2.24, 2.45) is 0 Å². The van der Waals surface area contributed by atoms with Gasteiger partial charge in [0.15, 0.2) is 0 Å². The molecule has 1 saturated carbocycles. The van der Waals surface area contributed by atoms with Crippen LogP contribution in [0.5, 0.6) is 0 Å². The quantitative estimate of drug-likeness (QED) is 0.887. The van der Waals surface area contributed by atoms with Crippen LogP contribution in [0.3, 0.4) is 0 Å². The molecule has 1 fully saturated rings. The number of carbonyl (C=O) groups excluding carboxylic acids is 1. The first-order valence-electron chi connectivity index (χ1n) is 6.59. The summed E-state index contributed by atoms with van der Waals surface area (Å²) >= 11 is 1.64. The molecule has 1 amide bonds. The van der Waals surface area contributed by atoms with Gasteiger partial charge in [0.25, 0.3) is 0 Å². The number of hydrogen-bond donors (Lipinski definition) is 1. The van der Waals surface area contributed by atoms with Crippen LogP contribution in [0.1, 0.15) is 30.6 Å². The van der Waals surface area contributed by atoms with Gasteiger partial charge >= 0.3 is 0 Å². The van der Waals surface area contributed by atoms with Gasteiger partial charge in [-0.3, -0.25) is 4.79 Å². The molecule has 18 heavy (non-hydrogen) atoms. The molecular weight excluding hydrogens is 244 g/mol. The zero-order valence-corrected chi connectivity index (χ0v) is 12.1. The lowest BCUT2D eigenvalue weighted by Crippen LogP contribution is -2.51. The molecule has 0 atom stereocenters. The summed E-state index contributed by atoms with van der Waals surface area (Å²) in [6, 6.07) is 4.01. The number of nitrogens with zero attached hydrogens (tertiary/aromatic N) is 1. The number of carbonyl (C=O) groups is 1. The first-order valence-corrected chi connectivity index (χ1v) is 7.47. The molecule has 1 aliphatic rings. The van der Waals surface area contributed by atoms with Crippen molar-refractivity contribution in [3.8, 4) is 0 Å². The predicted molar refractivity (Wildman–Crippen MR) is 75.9 cm³/mol. The Balaban J connectivity index is 1.84. The fourth-order valence-electron chi connectivity index (χ4n) is 2.71. The molecule has 1 aromatic heterocycles. The van der Waals surface area contributed by atoms with E-state index >= 15 is 0 Å². The minimum absolute atomic E-state index is 0.144. The van der Waals surface area contributed by atoms with E-state index in [1.165, 1.54) is 25.7 Å². The van der Waals surface area contributed by atoms with Crippen molar-refractivity contribution in [2.45, 2.75) is 37.6 Å². The number of thiophene rings is 1. The van der Waals surface area contributed by atoms with Gasteiger partial charge in [0.2, 0.25) is 5.91 Å². The van der Waals surface area contributed by atoms with Crippen LogP contribution in [0.15, 0.2) is 17.5 Å². The first kappa shape index (κ1) is 13.6. The Morgan fingerprint density at radius 3 is 2.72 bits per heavy atom. The summed E-state index contributed by atoms with van der Waals surface area (Å²) in [5, 5.41) is 5.13. The fourth-order valence-corrected chi connectivity index (χ4v) is 3.42. The summed E-state index contributed by atoms with van der Waals surface area (Å²) < 4.78 is 0. The van der Waals surface area contributed by atoms with Gasteiger partial charge in [-0.2, -0.15) is 0 Å². The Morgan fingerprint density at radius 2 is 2.17 bits per heavy atom. The molecule has 0 aliphatic heterocycles. The van der Waals surface area contributed by atoms with Crippen LogP contribution in [0.4, 0.5) is 0 Å². The maximum Gasteiger partial charge on any atom is 0.225 e. The molecule has 4 heteroatoms. The second kappa shape index (κ2) is 5.85. The highest BCUT2D eigenvalue weighted by molar-refractivity contribution is 7.10. The van der Waals surface area contributed by atoms with Crippen LogP contribution in [0.25, 0.3) is 0 Å². The van der Waals surface area contributed by atoms with Crippen LogP contribution < -0.4 is 5.32 Å². The van der Waals surface area contributed by atoms with Crippen molar-refractivity contribution < 1.29 is 4.79 Å². The highest BCUT2D eigenvalue weighted by atomic mass is 32.1. The third-order valence-electron chi connectivity index (χ3n) is 4.01. The molecular formula is C14H22N2OS. The van der Waals surface area contributed by atoms with E-state index in [4.69, 9.17) is 0 Å². The molecule has 0 radical (unpaired) electrons. The zero-order valence-electron chi connectivity index (χ0n) is 11.2. The summed E-state index contributed by atoms with van der Waals surface area (Å²) in [5.74, 6) is 0.144. The van der Waals surface area contributed by atoms with E-state index in [1.54, 1.807) is 11.3 Å². The van der Waals surface area contributed by atoms with Crippen LogP contribution in [0.2, 0.25) is 0 Å². The maximum absolute atomic E-state index is 11.9. The number of amides is 1. The minimum Gasteiger partial charge on any atom is -0.354 e. The van der Waals surface area contributed by atoms with Gasteiger partial charge in [-0.1, -0.05) is 18.9 Å². The molecule has 0 unspecified atom stereocenters. The standard InChI is InChI=1S/C14H22N2OS/c1-16(2)14(7-3-4-8-14)11-15-13(17)10-12-6-5-9-18-12/h5-6,9H,3-4,7-8,10-11H2,1-2H3,(H,15,17). The summed E-state index contributed by atoms with van der Waals surface area (Å²) in [5.41, 5.74) is 0.186. The molecule has 1 aromatic rings. The van der Waals surface area contributed by atoms with Gasteiger partial charge < -0.3 is 10.2 Å². The van der Waals surface area contributed by atoms with E-state index in [0.717, 1.165) is 11.4 Å². The molecule has 1 N–H and O–H groups in total. The average molecular weight is 266 g/mol. The zero-order chi connectivity index (χ0) is 13.0. The lowest BCUT2D eigenvalue weighted by Gasteiger charge is -2.36. The van der Waals surface area contributed by atoms with Crippen molar-refractivity contribution >= 4 is 17.2 Å². The summed E-state index contributed by atoms with van der Waals surface area (Å²) in [6.45, 7) is 0.782. The molecule has 0 saturated heterocycles. The topological polar surface area (TPSA) is 32.3 Å². The average Bonchev–Trinajstić information content (AvgIpc) is 2.97. The van der Waals surface area contributed by atoms with Gasteiger partial charge in [0.1, 0.15) is 0 Å². The lowest BCUT2D eigenvalue weighted by atomic mass is 9.96. The Labute approximate surface area is 113 Å². The van der Waals surface area contributed by atoms with Gasteiger partial charge in [0.05, 0.1) is 6.42 Å². The van der Waals surface area contributed by atoms with Crippen LogP contribution in [0, 0.1) is 0 Å². The molecule has 100 valence electrons. The second-order valence-corrected chi connectivity index (χ2v) is 6.39. The summed E-state index contributed by atoms with van der Waals surface area (Å²) in [6.07, 6.45) is 5.46. The first-order chi connectivity index (χ1) is 8.62. The third kappa shape index (κ3) is 3.12. The van der Waals surface area contributed by atoms with Crippen molar-refractivity contribution in [1.29, 1.82) is 0 Å². The van der Waals surface area contributed by atoms with Gasteiger partial charge in [-0.15, -0.1) is 11.3 Å². The van der Waals surface area contributed by atoms with E-state index < -0.39 is 0 Å². The van der Waals surface area contributed by atoms with E-state index in [0.29, 0.717) is 6.42 Å². The highest BCUT2D eigenvalue weighted by Crippen LogP contribution is 2.33. The fraction of sp³-hybridized carbons (Fsp3) is 0.643. The number of likely N-dealkylation sites (N-methyl/N-ethyl adjacent to an activating group) is 1. The molecule has 0 aromatic carbocycles. The SMILES string of the molecule is CN(C)C1(CNC(=O)Cc2cccs2)CCCC1. The molecule has 3 nitrogen and oxygen atoms in total. The van der Waals surface area contributed by atoms with Crippen LogP contribution in [-0.2, 0) is 11.2 Å². The van der Waals surface area contributed by atoms with E-state index in [1.807, 2.05) is 17.5 Å². The monoisotopic (exact) mass is 266 g/mol. The summed E-state index contributed by atoms with van der Waals surface area (Å²) in [7, 11) is 4.24. The number of hydrogen-bond acceptors (Lipinski definition) is 3. The normalized spacial score (nSPS) is 18.2. The Morgan fingerprint density at radius 1 is 1.44 bits per heavy atom. The van der Waals surface area contributed by atoms with Crippen molar-refractivity contribution in [3.63, 3.8) is 0 Å². The Kier molecular flexibility index (Phi) is 4.40. The Bertz CT molecular complexity index is 381. The van der Waals surface area contributed by atoms with Crippen molar-refractivity contribution in [1.82, 2.24) is 10.2 Å². The number of nitrogens with one attached hydrogen (secondary N) is 1. The van der Waals surface area contributed by atoms with Crippen molar-refractivity contribution in [3.05, 3.63) is 22.4 Å². The molecule has 0 spiro atoms. The van der Waals surface area contributed by atoms with E-state index in [9.17, 15) is 4.79 Å². The smallest absolute Gasteiger partial charge is 0.225 e. The third-order valence-corrected chi connectivity index (χ3v) is 4.89. The maximum atomic E-state index is 11.9. The van der Waals surface area contributed by atoms with Crippen LogP contribution in [-0.4, -0.2) is 37.0 Å². The van der Waals surface area contributed by atoms with Crippen LogP contribution >= 0.6 is 11.3 Å². The minimum atomic E-state index is 0.144. The van der Waals surface area contributed by atoms with E-state index in [-0.39, 0.29) is 11.4 Å². The molecule has 1 aliphatic carbocycles. The second-order valence-electron chi connectivity index (χ2n) is 5.36. The van der Waals surface area contributed by atoms with E-state index in [2.05, 4.69) is 24.3 Å². The Hall–Kier alpha value is -0.870. The summed E-state index contributed by atoms with van der Waals surface area (Å²) in [4.78, 5) is 15.3. The lowest BCUT2D eigenvalue weighted by molar-refractivity contribution is -0.121. The van der Waals surface area contributed by atoms with Gasteiger partial charge in [0, 0.05) is 17.0 Å². The molecule has 2 rings (SSSR count). The van der Waals surface area contributed by atoms with Crippen molar-refractivity contribution in [2.75, 3.05) is 20.6 Å². The highest BCUT2D eigenvalue weighted by Gasteiger charge is 2.35. The predicted octanol–water partition coefficient (Wildman–Crippen LogP) is 2.28. The molecule has 1 heterocycles. The van der Waals surface area contributed by atoms with Gasteiger partial charge in [-0.25, -0.2) is 0 Å². The van der Waals surface area contributed by atoms with Gasteiger partial charge in [-0.05, 0) is 38.4 Å². The number of rotatable bonds is 5. The molecule has 0 bridgehead atoms.